The Labute approximate surface area is 173 Å². The zero-order chi connectivity index (χ0) is 19.7. The highest BCUT2D eigenvalue weighted by atomic mass is 32.2. The summed E-state index contributed by atoms with van der Waals surface area (Å²) in [6.45, 7) is 6.13. The fourth-order valence-corrected chi connectivity index (χ4v) is 6.37. The number of aromatic nitrogens is 2. The molecule has 6 nitrogen and oxygen atoms in total. The second-order valence-corrected chi connectivity index (χ2v) is 9.88. The zero-order valence-corrected chi connectivity index (χ0v) is 18.1. The molecule has 2 aliphatic rings. The number of nitrogens with zero attached hydrogens (tertiary/aromatic N) is 2. The summed E-state index contributed by atoms with van der Waals surface area (Å²) < 4.78 is 7.57. The highest BCUT2D eigenvalue weighted by molar-refractivity contribution is 8.00. The number of amides is 1. The number of rotatable bonds is 5. The molecular weight excluding hydrogens is 394 g/mol. The topological polar surface area (TPSA) is 73.2 Å². The lowest BCUT2D eigenvalue weighted by atomic mass is 10.1. The summed E-state index contributed by atoms with van der Waals surface area (Å²) in [5, 5.41) is 4.18. The van der Waals surface area contributed by atoms with Gasteiger partial charge in [0.05, 0.1) is 23.3 Å². The van der Waals surface area contributed by atoms with Crippen LogP contribution in [0.2, 0.25) is 0 Å². The van der Waals surface area contributed by atoms with E-state index in [0.29, 0.717) is 11.7 Å². The van der Waals surface area contributed by atoms with Crippen LogP contribution >= 0.6 is 23.1 Å². The number of thioether (sulfide) groups is 1. The second kappa shape index (κ2) is 8.55. The number of hydrogen-bond acceptors (Lipinski definition) is 6. The minimum atomic E-state index is -0.200. The van der Waals surface area contributed by atoms with E-state index in [4.69, 9.17) is 9.72 Å². The van der Waals surface area contributed by atoms with Gasteiger partial charge in [-0.25, -0.2) is 4.98 Å². The Morgan fingerprint density at radius 2 is 2.14 bits per heavy atom. The Hall–Kier alpha value is -1.38. The van der Waals surface area contributed by atoms with Gasteiger partial charge >= 0.3 is 0 Å². The standard InChI is InChI=1S/C20H27N3O3S2/c1-3-14-12(2)27-18-16(14)19(25)23(11-13-7-6-10-26-13)20(22-18)28-15-8-4-5-9-21-17(15)24/h13,15H,3-11H2,1-2H3,(H,21,24)/t13-,15+/m0/s1. The van der Waals surface area contributed by atoms with Gasteiger partial charge in [0, 0.05) is 18.0 Å². The van der Waals surface area contributed by atoms with Crippen molar-refractivity contribution < 1.29 is 9.53 Å². The van der Waals surface area contributed by atoms with Crippen LogP contribution in [0.3, 0.4) is 0 Å². The molecule has 0 aromatic carbocycles. The van der Waals surface area contributed by atoms with Crippen LogP contribution in [0, 0.1) is 6.92 Å². The normalized spacial score (nSPS) is 23.1. The molecule has 2 saturated heterocycles. The average Bonchev–Trinajstić information content (AvgIpc) is 3.24. The van der Waals surface area contributed by atoms with Gasteiger partial charge in [-0.05, 0) is 44.6 Å². The van der Waals surface area contributed by atoms with Crippen molar-refractivity contribution in [2.45, 2.75) is 75.4 Å². The van der Waals surface area contributed by atoms with Crippen LogP contribution in [-0.2, 0) is 22.5 Å². The number of carbonyl (C=O) groups is 1. The first-order chi connectivity index (χ1) is 13.6. The van der Waals surface area contributed by atoms with Gasteiger partial charge in [0.2, 0.25) is 5.91 Å². The van der Waals surface area contributed by atoms with Crippen LogP contribution in [-0.4, -0.2) is 40.0 Å². The van der Waals surface area contributed by atoms with Gasteiger partial charge in [-0.1, -0.05) is 25.1 Å². The quantitative estimate of drug-likeness (QED) is 0.750. The molecule has 0 saturated carbocycles. The van der Waals surface area contributed by atoms with Crippen molar-refractivity contribution in [3.63, 3.8) is 0 Å². The Bertz CT molecular complexity index is 931. The Morgan fingerprint density at radius 3 is 2.89 bits per heavy atom. The van der Waals surface area contributed by atoms with Gasteiger partial charge in [0.15, 0.2) is 5.16 Å². The summed E-state index contributed by atoms with van der Waals surface area (Å²) in [7, 11) is 0. The minimum absolute atomic E-state index is 0.0123. The van der Waals surface area contributed by atoms with E-state index in [-0.39, 0.29) is 22.8 Å². The van der Waals surface area contributed by atoms with Crippen molar-refractivity contribution >= 4 is 39.2 Å². The summed E-state index contributed by atoms with van der Waals surface area (Å²) in [6, 6.07) is 0. The SMILES string of the molecule is CCc1c(C)sc2nc(S[C@@H]3CCCCNC3=O)n(C[C@@H]3CCCO3)c(=O)c12. The highest BCUT2D eigenvalue weighted by Crippen LogP contribution is 2.32. The van der Waals surface area contributed by atoms with Gasteiger partial charge in [0.25, 0.3) is 5.56 Å². The molecule has 28 heavy (non-hydrogen) atoms. The van der Waals surface area contributed by atoms with Crippen LogP contribution in [0.15, 0.2) is 9.95 Å². The zero-order valence-electron chi connectivity index (χ0n) is 16.5. The third kappa shape index (κ3) is 3.86. The predicted molar refractivity (Wildman–Crippen MR) is 113 cm³/mol. The van der Waals surface area contributed by atoms with E-state index in [1.165, 1.54) is 11.8 Å². The second-order valence-electron chi connectivity index (χ2n) is 7.51. The molecule has 0 bridgehead atoms. The molecule has 1 N–H and O–H groups in total. The first kappa shape index (κ1) is 19.9. The maximum absolute atomic E-state index is 13.5. The average molecular weight is 422 g/mol. The van der Waals surface area contributed by atoms with Crippen molar-refractivity contribution in [1.82, 2.24) is 14.9 Å². The summed E-state index contributed by atoms with van der Waals surface area (Å²) >= 11 is 3.02. The summed E-state index contributed by atoms with van der Waals surface area (Å²) in [4.78, 5) is 32.8. The van der Waals surface area contributed by atoms with Crippen molar-refractivity contribution in [2.24, 2.45) is 0 Å². The van der Waals surface area contributed by atoms with Gasteiger partial charge < -0.3 is 10.1 Å². The van der Waals surface area contributed by atoms with Crippen molar-refractivity contribution in [2.75, 3.05) is 13.2 Å². The Balaban J connectivity index is 1.78. The summed E-state index contributed by atoms with van der Waals surface area (Å²) in [5.41, 5.74) is 1.11. The molecule has 0 unspecified atom stereocenters. The van der Waals surface area contributed by atoms with E-state index in [9.17, 15) is 9.59 Å². The summed E-state index contributed by atoms with van der Waals surface area (Å²) in [6.07, 6.45) is 5.68. The first-order valence-corrected chi connectivity index (χ1v) is 11.9. The van der Waals surface area contributed by atoms with E-state index in [0.717, 1.165) is 72.3 Å². The number of nitrogens with one attached hydrogen (secondary N) is 1. The number of fused-ring (bicyclic) bond motifs is 1. The van der Waals surface area contributed by atoms with Crippen LogP contribution in [0.1, 0.15) is 49.5 Å². The lowest BCUT2D eigenvalue weighted by Gasteiger charge is -2.18. The monoisotopic (exact) mass is 421 g/mol. The molecule has 2 aliphatic heterocycles. The van der Waals surface area contributed by atoms with Crippen LogP contribution in [0.25, 0.3) is 10.2 Å². The molecule has 2 fully saturated rings. The molecule has 2 aromatic rings. The number of ether oxygens (including phenoxy) is 1. The van der Waals surface area contributed by atoms with Gasteiger partial charge in [0.1, 0.15) is 4.83 Å². The predicted octanol–water partition coefficient (Wildman–Crippen LogP) is 3.27. The smallest absolute Gasteiger partial charge is 0.263 e. The number of aryl methyl sites for hydroxylation is 2. The largest absolute Gasteiger partial charge is 0.376 e. The van der Waals surface area contributed by atoms with E-state index in [2.05, 4.69) is 19.2 Å². The number of thiophene rings is 1. The van der Waals surface area contributed by atoms with Crippen molar-refractivity contribution in [3.05, 3.63) is 20.8 Å². The van der Waals surface area contributed by atoms with E-state index in [1.807, 2.05) is 0 Å². The Kier molecular flexibility index (Phi) is 6.08. The molecule has 152 valence electrons. The number of carbonyl (C=O) groups excluding carboxylic acids is 1. The third-order valence-electron chi connectivity index (χ3n) is 5.57. The van der Waals surface area contributed by atoms with Crippen LogP contribution in [0.5, 0.6) is 0 Å². The minimum Gasteiger partial charge on any atom is -0.376 e. The molecule has 8 heteroatoms. The van der Waals surface area contributed by atoms with Crippen molar-refractivity contribution in [1.29, 1.82) is 0 Å². The fraction of sp³-hybridized carbons (Fsp3) is 0.650. The van der Waals surface area contributed by atoms with Gasteiger partial charge in [-0.2, -0.15) is 0 Å². The van der Waals surface area contributed by atoms with Crippen LogP contribution in [0.4, 0.5) is 0 Å². The Morgan fingerprint density at radius 1 is 1.29 bits per heavy atom. The lowest BCUT2D eigenvalue weighted by Crippen LogP contribution is -2.33. The van der Waals surface area contributed by atoms with E-state index < -0.39 is 0 Å². The molecule has 2 aromatic heterocycles. The van der Waals surface area contributed by atoms with Crippen molar-refractivity contribution in [3.8, 4) is 0 Å². The fourth-order valence-electron chi connectivity index (χ4n) is 4.05. The van der Waals surface area contributed by atoms with Gasteiger partial charge in [-0.3, -0.25) is 14.2 Å². The summed E-state index contributed by atoms with van der Waals surface area (Å²) in [5.74, 6) is 0.0529. The molecule has 0 radical (unpaired) electrons. The third-order valence-corrected chi connectivity index (χ3v) is 7.87. The maximum atomic E-state index is 13.5. The molecule has 0 aliphatic carbocycles. The lowest BCUT2D eigenvalue weighted by molar-refractivity contribution is -0.120. The van der Waals surface area contributed by atoms with Crippen LogP contribution < -0.4 is 10.9 Å². The molecule has 1 amide bonds. The first-order valence-electron chi connectivity index (χ1n) is 10.2. The number of hydrogen-bond donors (Lipinski definition) is 1. The molecule has 0 spiro atoms. The molecule has 4 heterocycles. The van der Waals surface area contributed by atoms with E-state index >= 15 is 0 Å². The molecular formula is C20H27N3O3S2. The molecule has 4 rings (SSSR count). The van der Waals surface area contributed by atoms with E-state index in [1.54, 1.807) is 15.9 Å². The highest BCUT2D eigenvalue weighted by Gasteiger charge is 2.27. The van der Waals surface area contributed by atoms with Gasteiger partial charge in [-0.15, -0.1) is 11.3 Å². The maximum Gasteiger partial charge on any atom is 0.263 e. The molecule has 2 atom stereocenters.